The molecular weight excluding hydrogens is 378 g/mol. The van der Waals surface area contributed by atoms with Crippen molar-refractivity contribution in [2.45, 2.75) is 25.8 Å². The Kier molecular flexibility index (Phi) is 4.73. The minimum absolute atomic E-state index is 0.0497. The second-order valence-electron chi connectivity index (χ2n) is 6.83. The lowest BCUT2D eigenvalue weighted by Crippen LogP contribution is -2.25. The predicted octanol–water partition coefficient (Wildman–Crippen LogP) is 4.08. The molecule has 0 saturated carbocycles. The Morgan fingerprint density at radius 2 is 2.11 bits per heavy atom. The number of nitrogens with zero attached hydrogens (tertiary/aromatic N) is 2. The monoisotopic (exact) mass is 397 g/mol. The topological polar surface area (TPSA) is 76.4 Å². The van der Waals surface area contributed by atoms with Crippen LogP contribution in [-0.4, -0.2) is 27.9 Å². The molecule has 2 N–H and O–H groups in total. The van der Waals surface area contributed by atoms with Crippen LogP contribution in [0, 0.1) is 6.92 Å². The zero-order valence-corrected chi connectivity index (χ0v) is 16.3. The van der Waals surface area contributed by atoms with Crippen LogP contribution in [0.4, 0.5) is 5.82 Å². The molecule has 1 aromatic heterocycles. The SMILES string of the molecule is COc1ccc(C2CC(=O)Nc3c2c(C)nn3Cc2ccccc2Cl)cc1O. The van der Waals surface area contributed by atoms with Crippen LogP contribution in [0.15, 0.2) is 42.5 Å². The van der Waals surface area contributed by atoms with E-state index in [0.29, 0.717) is 23.1 Å². The van der Waals surface area contributed by atoms with Crippen LogP contribution in [-0.2, 0) is 11.3 Å². The number of nitrogens with one attached hydrogen (secondary N) is 1. The summed E-state index contributed by atoms with van der Waals surface area (Å²) in [4.78, 5) is 12.4. The van der Waals surface area contributed by atoms with Crippen molar-refractivity contribution in [2.75, 3.05) is 12.4 Å². The van der Waals surface area contributed by atoms with Crippen LogP contribution in [0.5, 0.6) is 11.5 Å². The van der Waals surface area contributed by atoms with Crippen molar-refractivity contribution in [2.24, 2.45) is 0 Å². The van der Waals surface area contributed by atoms with Crippen LogP contribution in [0.2, 0.25) is 5.02 Å². The third kappa shape index (κ3) is 3.20. The second-order valence-corrected chi connectivity index (χ2v) is 7.24. The van der Waals surface area contributed by atoms with Gasteiger partial charge in [0.2, 0.25) is 5.91 Å². The summed E-state index contributed by atoms with van der Waals surface area (Å²) in [5.41, 5.74) is 3.56. The number of fused-ring (bicyclic) bond motifs is 1. The number of halogens is 1. The highest BCUT2D eigenvalue weighted by molar-refractivity contribution is 6.31. The van der Waals surface area contributed by atoms with Crippen LogP contribution in [0.3, 0.4) is 0 Å². The van der Waals surface area contributed by atoms with Gasteiger partial charge in [0, 0.05) is 22.9 Å². The normalized spacial score (nSPS) is 15.8. The Labute approximate surface area is 167 Å². The highest BCUT2D eigenvalue weighted by atomic mass is 35.5. The van der Waals surface area contributed by atoms with Crippen molar-refractivity contribution in [1.82, 2.24) is 9.78 Å². The summed E-state index contributed by atoms with van der Waals surface area (Å²) in [5.74, 6) is 0.840. The van der Waals surface area contributed by atoms with Crippen molar-refractivity contribution in [3.8, 4) is 11.5 Å². The fraction of sp³-hybridized carbons (Fsp3) is 0.238. The molecule has 4 rings (SSSR count). The van der Waals surface area contributed by atoms with Gasteiger partial charge < -0.3 is 15.2 Å². The van der Waals surface area contributed by atoms with Crippen molar-refractivity contribution >= 4 is 23.3 Å². The number of phenolic OH excluding ortho intramolecular Hbond substituents is 1. The summed E-state index contributed by atoms with van der Waals surface area (Å²) >= 11 is 6.30. The highest BCUT2D eigenvalue weighted by Gasteiger charge is 2.32. The van der Waals surface area contributed by atoms with Gasteiger partial charge in [0.05, 0.1) is 19.3 Å². The van der Waals surface area contributed by atoms with E-state index in [-0.39, 0.29) is 24.0 Å². The molecule has 6 nitrogen and oxygen atoms in total. The smallest absolute Gasteiger partial charge is 0.226 e. The standard InChI is InChI=1S/C21H20ClN3O3/c1-12-20-15(13-7-8-18(28-2)17(26)9-13)10-19(27)23-21(20)25(24-12)11-14-5-3-4-6-16(14)22/h3-9,15,26H,10-11H2,1-2H3,(H,23,27). The average Bonchev–Trinajstić information content (AvgIpc) is 2.98. The summed E-state index contributed by atoms with van der Waals surface area (Å²) < 4.78 is 6.90. The van der Waals surface area contributed by atoms with E-state index in [2.05, 4.69) is 10.4 Å². The van der Waals surface area contributed by atoms with E-state index in [9.17, 15) is 9.90 Å². The summed E-state index contributed by atoms with van der Waals surface area (Å²) in [6, 6.07) is 12.8. The number of aryl methyl sites for hydroxylation is 1. The number of phenols is 1. The van der Waals surface area contributed by atoms with E-state index in [4.69, 9.17) is 16.3 Å². The molecular formula is C21H20ClN3O3. The molecule has 1 atom stereocenters. The number of aromatic nitrogens is 2. The molecule has 0 aliphatic carbocycles. The Bertz CT molecular complexity index is 1060. The molecule has 2 heterocycles. The lowest BCUT2D eigenvalue weighted by Gasteiger charge is -2.25. The maximum absolute atomic E-state index is 12.4. The first-order valence-corrected chi connectivity index (χ1v) is 9.33. The van der Waals surface area contributed by atoms with Gasteiger partial charge in [-0.3, -0.25) is 4.79 Å². The molecule has 7 heteroatoms. The lowest BCUT2D eigenvalue weighted by molar-refractivity contribution is -0.116. The number of rotatable bonds is 4. The number of ether oxygens (including phenoxy) is 1. The number of benzene rings is 2. The Morgan fingerprint density at radius 3 is 2.82 bits per heavy atom. The van der Waals surface area contributed by atoms with Crippen LogP contribution < -0.4 is 10.1 Å². The molecule has 0 fully saturated rings. The fourth-order valence-electron chi connectivity index (χ4n) is 3.73. The number of carbonyl (C=O) groups is 1. The number of aromatic hydroxyl groups is 1. The third-order valence-electron chi connectivity index (χ3n) is 5.05. The zero-order chi connectivity index (χ0) is 19.8. The summed E-state index contributed by atoms with van der Waals surface area (Å²) in [6.45, 7) is 2.38. The van der Waals surface area contributed by atoms with Crippen LogP contribution in [0.25, 0.3) is 0 Å². The molecule has 0 bridgehead atoms. The number of amides is 1. The lowest BCUT2D eigenvalue weighted by atomic mass is 9.85. The van der Waals surface area contributed by atoms with Crippen LogP contribution >= 0.6 is 11.6 Å². The van der Waals surface area contributed by atoms with Gasteiger partial charge in [0.1, 0.15) is 5.82 Å². The van der Waals surface area contributed by atoms with E-state index in [1.807, 2.05) is 37.3 Å². The van der Waals surface area contributed by atoms with E-state index in [0.717, 1.165) is 22.4 Å². The Balaban J connectivity index is 1.77. The van der Waals surface area contributed by atoms with Gasteiger partial charge in [-0.2, -0.15) is 5.10 Å². The maximum Gasteiger partial charge on any atom is 0.226 e. The Morgan fingerprint density at radius 1 is 1.32 bits per heavy atom. The molecule has 3 aromatic rings. The zero-order valence-electron chi connectivity index (χ0n) is 15.6. The van der Waals surface area contributed by atoms with Crippen LogP contribution in [0.1, 0.15) is 34.7 Å². The molecule has 1 aliphatic rings. The first-order chi connectivity index (χ1) is 13.5. The molecule has 0 saturated heterocycles. The summed E-state index contributed by atoms with van der Waals surface area (Å²) in [7, 11) is 1.50. The quantitative estimate of drug-likeness (QED) is 0.695. The first-order valence-electron chi connectivity index (χ1n) is 8.95. The van der Waals surface area contributed by atoms with Crippen molar-refractivity contribution in [3.05, 3.63) is 69.9 Å². The third-order valence-corrected chi connectivity index (χ3v) is 5.42. The molecule has 0 spiro atoms. The second kappa shape index (κ2) is 7.20. The average molecular weight is 398 g/mol. The number of carbonyl (C=O) groups excluding carboxylic acids is 1. The van der Waals surface area contributed by atoms with Gasteiger partial charge >= 0.3 is 0 Å². The summed E-state index contributed by atoms with van der Waals surface area (Å²) in [6.07, 6.45) is 0.289. The van der Waals surface area contributed by atoms with Gasteiger partial charge in [0.15, 0.2) is 11.5 Å². The van der Waals surface area contributed by atoms with E-state index in [1.54, 1.807) is 16.8 Å². The molecule has 144 valence electrons. The van der Waals surface area contributed by atoms with Gasteiger partial charge in [-0.15, -0.1) is 0 Å². The molecule has 1 aliphatic heterocycles. The van der Waals surface area contributed by atoms with Crippen molar-refractivity contribution < 1.29 is 14.6 Å². The van der Waals surface area contributed by atoms with Gasteiger partial charge in [0.25, 0.3) is 0 Å². The predicted molar refractivity (Wildman–Crippen MR) is 107 cm³/mol. The number of anilines is 1. The largest absolute Gasteiger partial charge is 0.504 e. The minimum atomic E-state index is -0.194. The molecule has 28 heavy (non-hydrogen) atoms. The number of methoxy groups -OCH3 is 1. The minimum Gasteiger partial charge on any atom is -0.504 e. The van der Waals surface area contributed by atoms with Gasteiger partial charge in [-0.25, -0.2) is 4.68 Å². The van der Waals surface area contributed by atoms with Gasteiger partial charge in [-0.05, 0) is 36.2 Å². The van der Waals surface area contributed by atoms with E-state index < -0.39 is 0 Å². The van der Waals surface area contributed by atoms with Crippen molar-refractivity contribution in [3.63, 3.8) is 0 Å². The molecule has 2 aromatic carbocycles. The molecule has 1 amide bonds. The summed E-state index contributed by atoms with van der Waals surface area (Å²) in [5, 5.41) is 18.4. The van der Waals surface area contributed by atoms with E-state index in [1.165, 1.54) is 7.11 Å². The number of hydrogen-bond acceptors (Lipinski definition) is 4. The maximum atomic E-state index is 12.4. The van der Waals surface area contributed by atoms with E-state index >= 15 is 0 Å². The molecule has 1 unspecified atom stereocenters. The van der Waals surface area contributed by atoms with Crippen molar-refractivity contribution in [1.29, 1.82) is 0 Å². The van der Waals surface area contributed by atoms with Gasteiger partial charge in [-0.1, -0.05) is 35.9 Å². The highest BCUT2D eigenvalue weighted by Crippen LogP contribution is 2.41. The first kappa shape index (κ1) is 18.4. The Hall–Kier alpha value is -2.99. The number of hydrogen-bond donors (Lipinski definition) is 2. The fourth-order valence-corrected chi connectivity index (χ4v) is 3.92. The molecule has 0 radical (unpaired) electrons.